The molecule has 0 fully saturated rings. The minimum absolute atomic E-state index is 0. The number of benzene rings is 1. The molecule has 0 aliphatic carbocycles. The van der Waals surface area contributed by atoms with Gasteiger partial charge in [0, 0.05) is 25.9 Å². The van der Waals surface area contributed by atoms with Gasteiger partial charge in [-0.1, -0.05) is 12.1 Å². The Morgan fingerprint density at radius 2 is 2.00 bits per heavy atom. The van der Waals surface area contributed by atoms with Gasteiger partial charge < -0.3 is 10.6 Å². The fourth-order valence-corrected chi connectivity index (χ4v) is 2.73. The van der Waals surface area contributed by atoms with Crippen LogP contribution < -0.4 is 10.6 Å². The standard InChI is InChI=1S/C15H23F2N3O2S.HI/c1-11(8-10-23(3,21)22)20-15(18-2)19-9-7-12-5-4-6-13(16)14(12)17;/h4-6,11H,7-10H2,1-3H3,(H2,18,19,20);1H. The molecule has 1 aromatic rings. The van der Waals surface area contributed by atoms with Crippen molar-refractivity contribution in [2.75, 3.05) is 25.6 Å². The Balaban J connectivity index is 0.00000529. The van der Waals surface area contributed by atoms with E-state index in [-0.39, 0.29) is 41.3 Å². The minimum atomic E-state index is -3.00. The van der Waals surface area contributed by atoms with Crippen LogP contribution >= 0.6 is 24.0 Å². The summed E-state index contributed by atoms with van der Waals surface area (Å²) in [5.74, 6) is -1.12. The molecule has 0 bridgehead atoms. The van der Waals surface area contributed by atoms with Crippen LogP contribution in [0.4, 0.5) is 8.78 Å². The van der Waals surface area contributed by atoms with E-state index in [0.29, 0.717) is 25.3 Å². The molecular formula is C15H24F2IN3O2S. The molecule has 1 atom stereocenters. The first-order chi connectivity index (χ1) is 10.7. The van der Waals surface area contributed by atoms with Gasteiger partial charge in [-0.25, -0.2) is 17.2 Å². The molecule has 24 heavy (non-hydrogen) atoms. The Labute approximate surface area is 159 Å². The summed E-state index contributed by atoms with van der Waals surface area (Å²) in [6.07, 6.45) is 1.96. The molecule has 1 rings (SSSR count). The van der Waals surface area contributed by atoms with Gasteiger partial charge in [0.05, 0.1) is 5.75 Å². The number of aliphatic imine (C=N–C) groups is 1. The van der Waals surface area contributed by atoms with E-state index in [1.807, 2.05) is 6.92 Å². The lowest BCUT2D eigenvalue weighted by Gasteiger charge is -2.17. The molecule has 0 heterocycles. The van der Waals surface area contributed by atoms with Crippen LogP contribution in [0.5, 0.6) is 0 Å². The largest absolute Gasteiger partial charge is 0.356 e. The van der Waals surface area contributed by atoms with Crippen LogP contribution in [-0.4, -0.2) is 46.0 Å². The fraction of sp³-hybridized carbons (Fsp3) is 0.533. The van der Waals surface area contributed by atoms with Crippen LogP contribution in [0.1, 0.15) is 18.9 Å². The summed E-state index contributed by atoms with van der Waals surface area (Å²) in [7, 11) is -1.42. The van der Waals surface area contributed by atoms with Gasteiger partial charge in [-0.3, -0.25) is 4.99 Å². The Bertz CT molecular complexity index is 654. The van der Waals surface area contributed by atoms with Crippen molar-refractivity contribution in [1.82, 2.24) is 10.6 Å². The van der Waals surface area contributed by atoms with E-state index < -0.39 is 21.5 Å². The quantitative estimate of drug-likeness (QED) is 0.360. The van der Waals surface area contributed by atoms with Gasteiger partial charge in [-0.05, 0) is 31.4 Å². The first-order valence-electron chi connectivity index (χ1n) is 7.30. The molecule has 0 saturated heterocycles. The van der Waals surface area contributed by atoms with E-state index in [0.717, 1.165) is 6.07 Å². The first-order valence-corrected chi connectivity index (χ1v) is 9.36. The molecule has 138 valence electrons. The molecule has 5 nitrogen and oxygen atoms in total. The maximum atomic E-state index is 13.5. The topological polar surface area (TPSA) is 70.6 Å². The normalized spacial score (nSPS) is 13.1. The Hall–Kier alpha value is -0.970. The number of sulfone groups is 1. The van der Waals surface area contributed by atoms with Crippen molar-refractivity contribution in [2.24, 2.45) is 4.99 Å². The van der Waals surface area contributed by atoms with Crippen molar-refractivity contribution < 1.29 is 17.2 Å². The van der Waals surface area contributed by atoms with E-state index in [1.165, 1.54) is 18.4 Å². The second-order valence-electron chi connectivity index (χ2n) is 5.43. The summed E-state index contributed by atoms with van der Waals surface area (Å²) in [5.41, 5.74) is 0.290. The second-order valence-corrected chi connectivity index (χ2v) is 7.69. The highest BCUT2D eigenvalue weighted by Crippen LogP contribution is 2.11. The summed E-state index contributed by atoms with van der Waals surface area (Å²) < 4.78 is 48.9. The monoisotopic (exact) mass is 475 g/mol. The smallest absolute Gasteiger partial charge is 0.191 e. The lowest BCUT2D eigenvalue weighted by molar-refractivity contribution is 0.498. The predicted octanol–water partition coefficient (Wildman–Crippen LogP) is 2.11. The summed E-state index contributed by atoms with van der Waals surface area (Å²) in [6.45, 7) is 2.23. The molecule has 0 spiro atoms. The van der Waals surface area contributed by atoms with Crippen LogP contribution in [0.15, 0.2) is 23.2 Å². The van der Waals surface area contributed by atoms with Crippen molar-refractivity contribution in [2.45, 2.75) is 25.8 Å². The highest BCUT2D eigenvalue weighted by atomic mass is 127. The zero-order valence-electron chi connectivity index (χ0n) is 14.0. The molecule has 0 aliphatic heterocycles. The number of rotatable bonds is 7. The van der Waals surface area contributed by atoms with E-state index in [4.69, 9.17) is 0 Å². The van der Waals surface area contributed by atoms with Crippen LogP contribution in [0, 0.1) is 11.6 Å². The number of nitrogens with one attached hydrogen (secondary N) is 2. The SMILES string of the molecule is CN=C(NCCc1cccc(F)c1F)NC(C)CCS(C)(=O)=O.I. The van der Waals surface area contributed by atoms with Gasteiger partial charge in [0.2, 0.25) is 0 Å². The van der Waals surface area contributed by atoms with E-state index in [1.54, 1.807) is 7.05 Å². The summed E-state index contributed by atoms with van der Waals surface area (Å²) in [4.78, 5) is 4.02. The number of hydrogen-bond acceptors (Lipinski definition) is 3. The number of guanidine groups is 1. The lowest BCUT2D eigenvalue weighted by atomic mass is 10.1. The number of halogens is 3. The molecular weight excluding hydrogens is 451 g/mol. The van der Waals surface area contributed by atoms with Gasteiger partial charge >= 0.3 is 0 Å². The number of nitrogens with zero attached hydrogens (tertiary/aromatic N) is 1. The van der Waals surface area contributed by atoms with Crippen LogP contribution in [0.3, 0.4) is 0 Å². The highest BCUT2D eigenvalue weighted by molar-refractivity contribution is 14.0. The zero-order valence-corrected chi connectivity index (χ0v) is 17.1. The van der Waals surface area contributed by atoms with Gasteiger partial charge in [0.1, 0.15) is 9.84 Å². The summed E-state index contributed by atoms with van der Waals surface area (Å²) >= 11 is 0. The second kappa shape index (κ2) is 10.8. The molecule has 0 amide bonds. The van der Waals surface area contributed by atoms with Crippen molar-refractivity contribution in [3.8, 4) is 0 Å². The first kappa shape index (κ1) is 23.0. The van der Waals surface area contributed by atoms with Crippen LogP contribution in [0.25, 0.3) is 0 Å². The average Bonchev–Trinajstić information content (AvgIpc) is 2.47. The highest BCUT2D eigenvalue weighted by Gasteiger charge is 2.10. The molecule has 9 heteroatoms. The molecule has 0 saturated carbocycles. The van der Waals surface area contributed by atoms with E-state index in [9.17, 15) is 17.2 Å². The van der Waals surface area contributed by atoms with Gasteiger partial charge in [0.15, 0.2) is 17.6 Å². The molecule has 0 radical (unpaired) electrons. The lowest BCUT2D eigenvalue weighted by Crippen LogP contribution is -2.43. The van der Waals surface area contributed by atoms with Gasteiger partial charge in [0.25, 0.3) is 0 Å². The Morgan fingerprint density at radius 3 is 2.58 bits per heavy atom. The van der Waals surface area contributed by atoms with Crippen LogP contribution in [0.2, 0.25) is 0 Å². The molecule has 0 aromatic heterocycles. The van der Waals surface area contributed by atoms with E-state index in [2.05, 4.69) is 15.6 Å². The van der Waals surface area contributed by atoms with Gasteiger partial charge in [-0.15, -0.1) is 24.0 Å². The Morgan fingerprint density at radius 1 is 1.33 bits per heavy atom. The third-order valence-electron chi connectivity index (χ3n) is 3.25. The summed E-state index contributed by atoms with van der Waals surface area (Å²) in [5, 5.41) is 6.05. The average molecular weight is 475 g/mol. The molecule has 1 aromatic carbocycles. The molecule has 1 unspecified atom stereocenters. The third kappa shape index (κ3) is 8.76. The Kier molecular flexibility index (Phi) is 10.4. The fourth-order valence-electron chi connectivity index (χ4n) is 1.95. The summed E-state index contributed by atoms with van der Waals surface area (Å²) in [6, 6.07) is 4.00. The predicted molar refractivity (Wildman–Crippen MR) is 104 cm³/mol. The number of hydrogen-bond donors (Lipinski definition) is 2. The third-order valence-corrected chi connectivity index (χ3v) is 4.22. The van der Waals surface area contributed by atoms with Crippen molar-refractivity contribution in [3.63, 3.8) is 0 Å². The van der Waals surface area contributed by atoms with Crippen molar-refractivity contribution in [1.29, 1.82) is 0 Å². The maximum Gasteiger partial charge on any atom is 0.191 e. The van der Waals surface area contributed by atoms with Crippen molar-refractivity contribution in [3.05, 3.63) is 35.4 Å². The van der Waals surface area contributed by atoms with Gasteiger partial charge in [-0.2, -0.15) is 0 Å². The molecule has 2 N–H and O–H groups in total. The molecule has 0 aliphatic rings. The van der Waals surface area contributed by atoms with Crippen molar-refractivity contribution >= 4 is 39.8 Å². The minimum Gasteiger partial charge on any atom is -0.356 e. The zero-order chi connectivity index (χ0) is 17.5. The maximum absolute atomic E-state index is 13.5. The van der Waals surface area contributed by atoms with Crippen LogP contribution in [-0.2, 0) is 16.3 Å². The van der Waals surface area contributed by atoms with E-state index >= 15 is 0 Å².